The van der Waals surface area contributed by atoms with Crippen LogP contribution in [0.1, 0.15) is 6.92 Å². The van der Waals surface area contributed by atoms with Gasteiger partial charge in [0.25, 0.3) is 0 Å². The first-order valence-corrected chi connectivity index (χ1v) is 1.56. The Kier molecular flexibility index (Phi) is 14.0. The van der Waals surface area contributed by atoms with Crippen molar-refractivity contribution in [3.05, 3.63) is 12.8 Å². The largest absolute Gasteiger partial charge is 1.00 e. The fourth-order valence-corrected chi connectivity index (χ4v) is 0.0962. The van der Waals surface area contributed by atoms with E-state index in [1.165, 1.54) is 6.26 Å². The van der Waals surface area contributed by atoms with Crippen molar-refractivity contribution >= 4 is 0 Å². The van der Waals surface area contributed by atoms with Gasteiger partial charge in [0.2, 0.25) is 0 Å². The quantitative estimate of drug-likeness (QED) is 0.311. The molecule has 0 aromatic heterocycles. The Morgan fingerprint density at radius 1 is 1.83 bits per heavy atom. The van der Waals surface area contributed by atoms with E-state index in [0.29, 0.717) is 6.61 Å². The molecule has 0 spiro atoms. The van der Waals surface area contributed by atoms with Crippen LogP contribution < -0.4 is 0 Å². The van der Waals surface area contributed by atoms with E-state index in [0.717, 1.165) is 0 Å². The van der Waals surface area contributed by atoms with Crippen molar-refractivity contribution in [2.24, 2.45) is 0 Å². The van der Waals surface area contributed by atoms with Gasteiger partial charge in [0.15, 0.2) is 0 Å². The van der Waals surface area contributed by atoms with Gasteiger partial charge >= 0.3 is 17.1 Å². The molecule has 6 heavy (non-hydrogen) atoms. The van der Waals surface area contributed by atoms with Gasteiger partial charge in [0, 0.05) is 0 Å². The molecule has 0 amide bonds. The molecule has 0 rings (SSSR count). The molecule has 0 aliphatic heterocycles. The van der Waals surface area contributed by atoms with Gasteiger partial charge in [-0.1, -0.05) is 0 Å². The summed E-state index contributed by atoms with van der Waals surface area (Å²) in [6.07, 6.45) is 1.18. The molecule has 1 nitrogen and oxygen atoms in total. The van der Waals surface area contributed by atoms with Crippen molar-refractivity contribution in [2.75, 3.05) is 6.61 Å². The molecule has 0 bridgehead atoms. The van der Waals surface area contributed by atoms with E-state index in [-0.39, 0.29) is 17.1 Å². The van der Waals surface area contributed by atoms with Gasteiger partial charge in [0.05, 0.1) is 6.61 Å². The number of ether oxygens (including phenoxy) is 1. The summed E-state index contributed by atoms with van der Waals surface area (Å²) >= 11 is 0. The van der Waals surface area contributed by atoms with Crippen molar-refractivity contribution < 1.29 is 21.8 Å². The van der Waals surface area contributed by atoms with E-state index in [2.05, 4.69) is 4.74 Å². The zero-order valence-electron chi connectivity index (χ0n) is 3.57. The Morgan fingerprint density at radius 2 is 2.33 bits per heavy atom. The minimum absolute atomic E-state index is 0. The summed E-state index contributed by atoms with van der Waals surface area (Å²) in [5, 5.41) is 0. The van der Waals surface area contributed by atoms with Crippen LogP contribution in [0.3, 0.4) is 0 Å². The fourth-order valence-electron chi connectivity index (χ4n) is 0.0962. The molecule has 0 aromatic rings. The van der Waals surface area contributed by atoms with Gasteiger partial charge in [-0.3, -0.25) is 0 Å². The van der Waals surface area contributed by atoms with Gasteiger partial charge in [-0.15, -0.1) is 6.26 Å². The zero-order valence-corrected chi connectivity index (χ0v) is 4.51. The van der Waals surface area contributed by atoms with E-state index >= 15 is 0 Å². The molecule has 40 valence electrons. The van der Waals surface area contributed by atoms with Gasteiger partial charge in [-0.25, -0.2) is 0 Å². The molecular formula is C4H7CuO. The molecule has 0 N–H and O–H groups in total. The van der Waals surface area contributed by atoms with Crippen molar-refractivity contribution in [3.63, 3.8) is 0 Å². The minimum atomic E-state index is 0. The van der Waals surface area contributed by atoms with Crippen LogP contribution in [0.2, 0.25) is 0 Å². The summed E-state index contributed by atoms with van der Waals surface area (Å²) in [5.74, 6) is 0. The van der Waals surface area contributed by atoms with Gasteiger partial charge < -0.3 is 11.3 Å². The summed E-state index contributed by atoms with van der Waals surface area (Å²) in [6.45, 7) is 7.33. The van der Waals surface area contributed by atoms with Crippen molar-refractivity contribution in [1.82, 2.24) is 0 Å². The smallest absolute Gasteiger partial charge is 0.538 e. The monoisotopic (exact) mass is 134 g/mol. The van der Waals surface area contributed by atoms with E-state index in [1.54, 1.807) is 0 Å². The maximum Gasteiger partial charge on any atom is 1.00 e. The second-order valence-corrected chi connectivity index (χ2v) is 0.591. The average Bonchev–Trinajstić information content (AvgIpc) is 1.41. The van der Waals surface area contributed by atoms with E-state index in [1.807, 2.05) is 6.92 Å². The average molecular weight is 135 g/mol. The van der Waals surface area contributed by atoms with Crippen LogP contribution in [0.5, 0.6) is 0 Å². The van der Waals surface area contributed by atoms with Crippen molar-refractivity contribution in [3.8, 4) is 0 Å². The van der Waals surface area contributed by atoms with Crippen LogP contribution in [0.25, 0.3) is 0 Å². The Labute approximate surface area is 48.9 Å². The molecule has 0 atom stereocenters. The number of rotatable bonds is 2. The Morgan fingerprint density at radius 3 is 2.33 bits per heavy atom. The first-order valence-electron chi connectivity index (χ1n) is 1.56. The van der Waals surface area contributed by atoms with Gasteiger partial charge in [-0.2, -0.15) is 0 Å². The Balaban J connectivity index is 0. The standard InChI is InChI=1S/C4H7O.Cu/c1-3-5-4-2;/h1,3H,4H2,2H3;/q-1;+1. The predicted molar refractivity (Wildman–Crippen MR) is 20.5 cm³/mol. The third kappa shape index (κ3) is 8.96. The molecule has 2 heteroatoms. The number of hydrogen-bond donors (Lipinski definition) is 0. The minimum Gasteiger partial charge on any atom is -0.538 e. The summed E-state index contributed by atoms with van der Waals surface area (Å²) in [5.41, 5.74) is 0. The molecular weight excluding hydrogens is 128 g/mol. The summed E-state index contributed by atoms with van der Waals surface area (Å²) in [4.78, 5) is 0. The molecule has 0 aromatic carbocycles. The molecule has 0 aliphatic carbocycles. The molecule has 0 saturated heterocycles. The third-order valence-corrected chi connectivity index (χ3v) is 0.263. The normalized spacial score (nSPS) is 5.50. The van der Waals surface area contributed by atoms with Crippen molar-refractivity contribution in [1.29, 1.82) is 0 Å². The van der Waals surface area contributed by atoms with Crippen molar-refractivity contribution in [2.45, 2.75) is 6.92 Å². The second-order valence-electron chi connectivity index (χ2n) is 0.591. The summed E-state index contributed by atoms with van der Waals surface area (Å²) in [6, 6.07) is 0. The first kappa shape index (κ1) is 9.41. The Hall–Kier alpha value is 0.0595. The third-order valence-electron chi connectivity index (χ3n) is 0.263. The second kappa shape index (κ2) is 8.91. The zero-order chi connectivity index (χ0) is 4.12. The van der Waals surface area contributed by atoms with E-state index in [4.69, 9.17) is 6.58 Å². The maximum atomic E-state index is 4.79. The van der Waals surface area contributed by atoms with Gasteiger partial charge in [0.1, 0.15) is 0 Å². The topological polar surface area (TPSA) is 9.23 Å². The Bertz CT molecular complexity index is 28.7. The van der Waals surface area contributed by atoms with Crippen LogP contribution >= 0.6 is 0 Å². The summed E-state index contributed by atoms with van der Waals surface area (Å²) in [7, 11) is 0. The molecule has 0 aliphatic rings. The number of hydrogen-bond acceptors (Lipinski definition) is 1. The SMILES string of the molecule is [CH-]=COCC.[Cu+]. The molecule has 0 unspecified atom stereocenters. The van der Waals surface area contributed by atoms with Crippen LogP contribution in [0.15, 0.2) is 6.26 Å². The van der Waals surface area contributed by atoms with Crippen LogP contribution in [-0.2, 0) is 21.8 Å². The van der Waals surface area contributed by atoms with Gasteiger partial charge in [-0.05, 0) is 6.92 Å². The van der Waals surface area contributed by atoms with E-state index < -0.39 is 0 Å². The molecule has 0 heterocycles. The van der Waals surface area contributed by atoms with Crippen LogP contribution in [-0.4, -0.2) is 6.61 Å². The maximum absolute atomic E-state index is 4.79. The fraction of sp³-hybridized carbons (Fsp3) is 0.500. The molecule has 0 fully saturated rings. The van der Waals surface area contributed by atoms with Crippen LogP contribution in [0.4, 0.5) is 0 Å². The molecule has 0 radical (unpaired) electrons. The summed E-state index contributed by atoms with van der Waals surface area (Å²) < 4.78 is 4.49. The predicted octanol–water partition coefficient (Wildman–Crippen LogP) is 0.967. The van der Waals surface area contributed by atoms with E-state index in [9.17, 15) is 0 Å². The molecule has 0 saturated carbocycles. The van der Waals surface area contributed by atoms with Crippen LogP contribution in [0, 0.1) is 6.58 Å². The first-order chi connectivity index (χ1) is 2.41.